The molecule has 1 N–H and O–H groups in total. The van der Waals surface area contributed by atoms with Gasteiger partial charge in [0.2, 0.25) is 0 Å². The quantitative estimate of drug-likeness (QED) is 0.473. The third-order valence-electron chi connectivity index (χ3n) is 2.55. The number of benzene rings is 1. The number of nitro groups is 1. The zero-order chi connectivity index (χ0) is 13.5. The number of rotatable bonds is 6. The number of hydrazone groups is 1. The molecule has 0 saturated carbocycles. The summed E-state index contributed by atoms with van der Waals surface area (Å²) in [6.07, 6.45) is 1.96. The Balaban J connectivity index is 2.68. The topological polar surface area (TPSA) is 67.5 Å². The zero-order valence-electron chi connectivity index (χ0n) is 11.0. The monoisotopic (exact) mass is 249 g/mol. The standard InChI is InChI=1S/C13H19N3O2/c1-10(2)8-9-11(3)14-15-12-6-4-5-7-13(12)16(17)18/h4-7,10,15H,8-9H2,1-3H3/b14-11-. The number of hydrogen-bond acceptors (Lipinski definition) is 4. The van der Waals surface area contributed by atoms with Crippen LogP contribution in [0.3, 0.4) is 0 Å². The Hall–Kier alpha value is -1.91. The predicted octanol–water partition coefficient (Wildman–Crippen LogP) is 3.82. The maximum atomic E-state index is 10.8. The second kappa shape index (κ2) is 6.74. The van der Waals surface area contributed by atoms with E-state index in [1.54, 1.807) is 18.2 Å². The molecule has 0 aliphatic carbocycles. The number of nitrogens with zero attached hydrogens (tertiary/aromatic N) is 2. The third-order valence-corrected chi connectivity index (χ3v) is 2.55. The van der Waals surface area contributed by atoms with E-state index in [-0.39, 0.29) is 5.69 Å². The van der Waals surface area contributed by atoms with E-state index in [9.17, 15) is 10.1 Å². The highest BCUT2D eigenvalue weighted by atomic mass is 16.6. The van der Waals surface area contributed by atoms with Gasteiger partial charge in [0, 0.05) is 11.8 Å². The van der Waals surface area contributed by atoms with Gasteiger partial charge in [-0.3, -0.25) is 15.5 Å². The summed E-state index contributed by atoms with van der Waals surface area (Å²) in [6.45, 7) is 6.23. The van der Waals surface area contributed by atoms with E-state index < -0.39 is 4.92 Å². The first-order valence-electron chi connectivity index (χ1n) is 6.03. The fourth-order valence-corrected chi connectivity index (χ4v) is 1.44. The minimum atomic E-state index is -0.415. The molecule has 0 heterocycles. The Morgan fingerprint density at radius 3 is 2.72 bits per heavy atom. The summed E-state index contributed by atoms with van der Waals surface area (Å²) in [5.74, 6) is 0.626. The molecule has 0 atom stereocenters. The molecular formula is C13H19N3O2. The van der Waals surface area contributed by atoms with Crippen LogP contribution in [0.1, 0.15) is 33.6 Å². The van der Waals surface area contributed by atoms with Crippen LogP contribution in [0.2, 0.25) is 0 Å². The molecular weight excluding hydrogens is 230 g/mol. The fraction of sp³-hybridized carbons (Fsp3) is 0.462. The van der Waals surface area contributed by atoms with Gasteiger partial charge < -0.3 is 0 Å². The van der Waals surface area contributed by atoms with Crippen molar-refractivity contribution in [3.05, 3.63) is 34.4 Å². The minimum absolute atomic E-state index is 0.0397. The molecule has 1 rings (SSSR count). The van der Waals surface area contributed by atoms with E-state index in [0.29, 0.717) is 11.6 Å². The number of anilines is 1. The van der Waals surface area contributed by atoms with Crippen molar-refractivity contribution in [1.82, 2.24) is 0 Å². The lowest BCUT2D eigenvalue weighted by Crippen LogP contribution is -2.01. The van der Waals surface area contributed by atoms with Crippen molar-refractivity contribution >= 4 is 17.1 Å². The number of nitro benzene ring substituents is 1. The molecule has 0 amide bonds. The molecule has 18 heavy (non-hydrogen) atoms. The van der Waals surface area contributed by atoms with Crippen molar-refractivity contribution in [3.8, 4) is 0 Å². The van der Waals surface area contributed by atoms with E-state index in [0.717, 1.165) is 18.6 Å². The Kier molecular flexibility index (Phi) is 5.30. The van der Waals surface area contributed by atoms with Crippen molar-refractivity contribution in [1.29, 1.82) is 0 Å². The fourth-order valence-electron chi connectivity index (χ4n) is 1.44. The summed E-state index contributed by atoms with van der Waals surface area (Å²) in [6, 6.07) is 6.49. The number of nitrogens with one attached hydrogen (secondary N) is 1. The average molecular weight is 249 g/mol. The van der Waals surface area contributed by atoms with Gasteiger partial charge in [0.1, 0.15) is 5.69 Å². The molecule has 5 heteroatoms. The largest absolute Gasteiger partial charge is 0.294 e. The van der Waals surface area contributed by atoms with E-state index in [1.165, 1.54) is 6.07 Å². The normalized spacial score (nSPS) is 11.7. The summed E-state index contributed by atoms with van der Waals surface area (Å²) in [7, 11) is 0. The highest BCUT2D eigenvalue weighted by molar-refractivity contribution is 5.82. The predicted molar refractivity (Wildman–Crippen MR) is 73.9 cm³/mol. The molecule has 1 aromatic carbocycles. The van der Waals surface area contributed by atoms with Crippen LogP contribution >= 0.6 is 0 Å². The van der Waals surface area contributed by atoms with Gasteiger partial charge in [-0.05, 0) is 31.7 Å². The highest BCUT2D eigenvalue weighted by Gasteiger charge is 2.11. The van der Waals surface area contributed by atoms with Crippen LogP contribution in [0.4, 0.5) is 11.4 Å². The third kappa shape index (κ3) is 4.53. The summed E-state index contributed by atoms with van der Waals surface area (Å²) in [4.78, 5) is 10.4. The Labute approximate surface area is 107 Å². The zero-order valence-corrected chi connectivity index (χ0v) is 11.0. The first-order chi connectivity index (χ1) is 8.50. The van der Waals surface area contributed by atoms with E-state index in [2.05, 4.69) is 24.4 Å². The molecule has 0 radical (unpaired) electrons. The van der Waals surface area contributed by atoms with E-state index >= 15 is 0 Å². The van der Waals surface area contributed by atoms with Crippen LogP contribution in [-0.4, -0.2) is 10.6 Å². The van der Waals surface area contributed by atoms with Gasteiger partial charge in [0.25, 0.3) is 5.69 Å². The molecule has 0 aliphatic rings. The summed E-state index contributed by atoms with van der Waals surface area (Å²) in [5, 5.41) is 15.0. The lowest BCUT2D eigenvalue weighted by molar-refractivity contribution is -0.384. The molecule has 98 valence electrons. The van der Waals surface area contributed by atoms with Gasteiger partial charge in [0.15, 0.2) is 0 Å². The van der Waals surface area contributed by atoms with Gasteiger partial charge in [-0.15, -0.1) is 0 Å². The molecule has 0 unspecified atom stereocenters. The van der Waals surface area contributed by atoms with Crippen LogP contribution < -0.4 is 5.43 Å². The molecule has 0 saturated heterocycles. The first kappa shape index (κ1) is 14.2. The summed E-state index contributed by atoms with van der Waals surface area (Å²) >= 11 is 0. The van der Waals surface area contributed by atoms with Gasteiger partial charge >= 0.3 is 0 Å². The summed E-state index contributed by atoms with van der Waals surface area (Å²) < 4.78 is 0. The number of para-hydroxylation sites is 2. The number of hydrogen-bond donors (Lipinski definition) is 1. The maximum Gasteiger partial charge on any atom is 0.294 e. The molecule has 0 spiro atoms. The van der Waals surface area contributed by atoms with Gasteiger partial charge in [-0.2, -0.15) is 5.10 Å². The van der Waals surface area contributed by atoms with Gasteiger partial charge in [0.05, 0.1) is 4.92 Å². The minimum Gasteiger partial charge on any atom is -0.272 e. The molecule has 1 aromatic rings. The van der Waals surface area contributed by atoms with E-state index in [4.69, 9.17) is 0 Å². The molecule has 0 aromatic heterocycles. The lowest BCUT2D eigenvalue weighted by atomic mass is 10.1. The van der Waals surface area contributed by atoms with Crippen LogP contribution in [0, 0.1) is 16.0 Å². The van der Waals surface area contributed by atoms with Gasteiger partial charge in [-0.1, -0.05) is 26.0 Å². The molecule has 0 fully saturated rings. The van der Waals surface area contributed by atoms with Crippen molar-refractivity contribution in [2.24, 2.45) is 11.0 Å². The van der Waals surface area contributed by atoms with Crippen LogP contribution in [0.25, 0.3) is 0 Å². The Morgan fingerprint density at radius 1 is 1.44 bits per heavy atom. The van der Waals surface area contributed by atoms with Crippen molar-refractivity contribution < 1.29 is 4.92 Å². The van der Waals surface area contributed by atoms with Gasteiger partial charge in [-0.25, -0.2) is 0 Å². The van der Waals surface area contributed by atoms with E-state index in [1.807, 2.05) is 6.92 Å². The smallest absolute Gasteiger partial charge is 0.272 e. The summed E-state index contributed by atoms with van der Waals surface area (Å²) in [5.41, 5.74) is 4.17. The first-order valence-corrected chi connectivity index (χ1v) is 6.03. The maximum absolute atomic E-state index is 10.8. The van der Waals surface area contributed by atoms with Crippen LogP contribution in [0.15, 0.2) is 29.4 Å². The van der Waals surface area contributed by atoms with Crippen molar-refractivity contribution in [3.63, 3.8) is 0 Å². The second-order valence-electron chi connectivity index (χ2n) is 4.67. The van der Waals surface area contributed by atoms with Crippen molar-refractivity contribution in [2.75, 3.05) is 5.43 Å². The molecule has 0 aliphatic heterocycles. The molecule has 0 bridgehead atoms. The Bertz CT molecular complexity index is 442. The average Bonchev–Trinajstić information content (AvgIpc) is 2.34. The second-order valence-corrected chi connectivity index (χ2v) is 4.67. The SMILES string of the molecule is C/C(CCC(C)C)=N/Nc1ccccc1[N+](=O)[O-]. The molecule has 5 nitrogen and oxygen atoms in total. The van der Waals surface area contributed by atoms with Crippen molar-refractivity contribution in [2.45, 2.75) is 33.6 Å². The van der Waals surface area contributed by atoms with Crippen LogP contribution in [-0.2, 0) is 0 Å². The highest BCUT2D eigenvalue weighted by Crippen LogP contribution is 2.23. The van der Waals surface area contributed by atoms with Crippen LogP contribution in [0.5, 0.6) is 0 Å². The lowest BCUT2D eigenvalue weighted by Gasteiger charge is -2.05. The Morgan fingerprint density at radius 2 is 2.11 bits per heavy atom.